The van der Waals surface area contributed by atoms with Crippen LogP contribution < -0.4 is 0 Å². The predicted molar refractivity (Wildman–Crippen MR) is 134 cm³/mol. The molecule has 0 N–H and O–H groups in total. The van der Waals surface area contributed by atoms with Gasteiger partial charge in [-0.25, -0.2) is 17.6 Å². The van der Waals surface area contributed by atoms with Crippen molar-refractivity contribution in [3.63, 3.8) is 0 Å². The summed E-state index contributed by atoms with van der Waals surface area (Å²) in [6.45, 7) is 2.16. The van der Waals surface area contributed by atoms with Crippen molar-refractivity contribution in [3.05, 3.63) is 82.4 Å². The van der Waals surface area contributed by atoms with Crippen LogP contribution in [0.2, 0.25) is 0 Å². The second-order valence-electron chi connectivity index (χ2n) is 9.76. The third-order valence-electron chi connectivity index (χ3n) is 7.20. The van der Waals surface area contributed by atoms with Crippen LogP contribution in [0.1, 0.15) is 87.3 Å². The maximum absolute atomic E-state index is 14.6. The van der Waals surface area contributed by atoms with Crippen LogP contribution in [-0.4, -0.2) is 0 Å². The molecule has 0 radical (unpaired) electrons. The summed E-state index contributed by atoms with van der Waals surface area (Å²) in [5.74, 6) is 3.48. The molecule has 0 bridgehead atoms. The van der Waals surface area contributed by atoms with Gasteiger partial charge < -0.3 is 0 Å². The van der Waals surface area contributed by atoms with Crippen molar-refractivity contribution >= 4 is 10.8 Å². The van der Waals surface area contributed by atoms with E-state index in [1.54, 1.807) is 12.1 Å². The Morgan fingerprint density at radius 1 is 0.771 bits per heavy atom. The molecule has 0 atom stereocenters. The van der Waals surface area contributed by atoms with Crippen molar-refractivity contribution in [1.82, 2.24) is 0 Å². The Morgan fingerprint density at radius 2 is 1.49 bits per heavy atom. The lowest BCUT2D eigenvalue weighted by Crippen LogP contribution is -2.12. The van der Waals surface area contributed by atoms with Crippen LogP contribution in [0.4, 0.5) is 17.6 Å². The first-order valence-corrected chi connectivity index (χ1v) is 12.8. The summed E-state index contributed by atoms with van der Waals surface area (Å²) in [6.07, 6.45) is 9.71. The molecule has 35 heavy (non-hydrogen) atoms. The SMILES string of the molecule is CCCCCCCc1cc(F)c(C#CC2CCC(c3ccc4c(F)c(F)ccc4c3)CC2)c(F)c1. The second kappa shape index (κ2) is 11.8. The average Bonchev–Trinajstić information content (AvgIpc) is 2.86. The molecule has 184 valence electrons. The maximum Gasteiger partial charge on any atom is 0.166 e. The topological polar surface area (TPSA) is 0 Å². The number of benzene rings is 3. The molecule has 0 aromatic heterocycles. The number of hydrogen-bond acceptors (Lipinski definition) is 0. The van der Waals surface area contributed by atoms with Gasteiger partial charge in [0.1, 0.15) is 11.6 Å². The Balaban J connectivity index is 1.36. The van der Waals surface area contributed by atoms with Crippen molar-refractivity contribution in [2.45, 2.75) is 77.0 Å². The van der Waals surface area contributed by atoms with E-state index in [9.17, 15) is 17.6 Å². The smallest absolute Gasteiger partial charge is 0.166 e. The monoisotopic (exact) mass is 480 g/mol. The molecular weight excluding hydrogens is 448 g/mol. The number of rotatable bonds is 7. The average molecular weight is 481 g/mol. The van der Waals surface area contributed by atoms with Gasteiger partial charge in [0.05, 0.1) is 5.56 Å². The molecule has 0 unspecified atom stereocenters. The van der Waals surface area contributed by atoms with Crippen molar-refractivity contribution in [3.8, 4) is 11.8 Å². The van der Waals surface area contributed by atoms with E-state index in [-0.39, 0.29) is 11.5 Å². The summed E-state index contributed by atoms with van der Waals surface area (Å²) in [6, 6.07) is 11.1. The molecule has 0 heterocycles. The van der Waals surface area contributed by atoms with E-state index >= 15 is 0 Å². The molecule has 1 saturated carbocycles. The maximum atomic E-state index is 14.6. The van der Waals surface area contributed by atoms with Gasteiger partial charge in [-0.15, -0.1) is 0 Å². The van der Waals surface area contributed by atoms with Crippen molar-refractivity contribution in [2.75, 3.05) is 0 Å². The minimum Gasteiger partial charge on any atom is -0.206 e. The Hall–Kier alpha value is -2.80. The first-order chi connectivity index (χ1) is 17.0. The van der Waals surface area contributed by atoms with Crippen LogP contribution in [0.5, 0.6) is 0 Å². The third-order valence-corrected chi connectivity index (χ3v) is 7.20. The highest BCUT2D eigenvalue weighted by Gasteiger charge is 2.22. The molecule has 0 nitrogen and oxygen atoms in total. The van der Waals surface area contributed by atoms with Gasteiger partial charge in [-0.05, 0) is 79.2 Å². The van der Waals surface area contributed by atoms with Crippen LogP contribution in [0.3, 0.4) is 0 Å². The van der Waals surface area contributed by atoms with Gasteiger partial charge in [0.25, 0.3) is 0 Å². The number of unbranched alkanes of at least 4 members (excludes halogenated alkanes) is 4. The Labute approximate surface area is 205 Å². The third kappa shape index (κ3) is 6.26. The fraction of sp³-hybridized carbons (Fsp3) is 0.419. The fourth-order valence-electron chi connectivity index (χ4n) is 5.11. The number of hydrogen-bond donors (Lipinski definition) is 0. The van der Waals surface area contributed by atoms with Gasteiger partial charge in [-0.3, -0.25) is 0 Å². The van der Waals surface area contributed by atoms with Gasteiger partial charge in [0, 0.05) is 11.3 Å². The van der Waals surface area contributed by atoms with Crippen molar-refractivity contribution in [1.29, 1.82) is 0 Å². The molecule has 0 saturated heterocycles. The van der Waals surface area contributed by atoms with Crippen molar-refractivity contribution < 1.29 is 17.6 Å². The Morgan fingerprint density at radius 3 is 2.20 bits per heavy atom. The van der Waals surface area contributed by atoms with Crippen LogP contribution in [0.15, 0.2) is 42.5 Å². The van der Waals surface area contributed by atoms with Gasteiger partial charge in [-0.1, -0.05) is 68.7 Å². The molecule has 0 aliphatic heterocycles. The normalized spacial score (nSPS) is 17.9. The van der Waals surface area contributed by atoms with Crippen LogP contribution in [0.25, 0.3) is 10.8 Å². The molecule has 1 aliphatic carbocycles. The van der Waals surface area contributed by atoms with Crippen LogP contribution in [0, 0.1) is 41.0 Å². The summed E-state index contributed by atoms with van der Waals surface area (Å²) in [4.78, 5) is 0. The van der Waals surface area contributed by atoms with E-state index in [1.165, 1.54) is 25.0 Å². The second-order valence-corrected chi connectivity index (χ2v) is 9.76. The lowest BCUT2D eigenvalue weighted by Gasteiger charge is -2.26. The Kier molecular flexibility index (Phi) is 8.50. The summed E-state index contributed by atoms with van der Waals surface area (Å²) >= 11 is 0. The first-order valence-electron chi connectivity index (χ1n) is 12.8. The summed E-state index contributed by atoms with van der Waals surface area (Å²) in [5, 5.41) is 0.985. The quantitative estimate of drug-likeness (QED) is 0.180. The van der Waals surface area contributed by atoms with Crippen molar-refractivity contribution in [2.24, 2.45) is 5.92 Å². The molecular formula is C31H32F4. The lowest BCUT2D eigenvalue weighted by atomic mass is 9.78. The van der Waals surface area contributed by atoms with E-state index in [2.05, 4.69) is 18.8 Å². The molecule has 3 aromatic rings. The van der Waals surface area contributed by atoms with E-state index in [4.69, 9.17) is 0 Å². The van der Waals surface area contributed by atoms with Gasteiger partial charge in [-0.2, -0.15) is 0 Å². The van der Waals surface area contributed by atoms with Gasteiger partial charge in [0.2, 0.25) is 0 Å². The summed E-state index contributed by atoms with van der Waals surface area (Å²) in [7, 11) is 0. The lowest BCUT2D eigenvalue weighted by molar-refractivity contribution is 0.385. The fourth-order valence-corrected chi connectivity index (χ4v) is 5.11. The number of aryl methyl sites for hydroxylation is 1. The molecule has 0 spiro atoms. The summed E-state index contributed by atoms with van der Waals surface area (Å²) in [5.41, 5.74) is 1.67. The zero-order valence-corrected chi connectivity index (χ0v) is 20.3. The number of halogens is 4. The molecule has 1 fully saturated rings. The zero-order valence-electron chi connectivity index (χ0n) is 20.3. The predicted octanol–water partition coefficient (Wildman–Crippen LogP) is 9.23. The minimum atomic E-state index is -0.839. The Bertz CT molecular complexity index is 1200. The highest BCUT2D eigenvalue weighted by molar-refractivity contribution is 5.84. The summed E-state index contributed by atoms with van der Waals surface area (Å²) < 4.78 is 56.6. The van der Waals surface area contributed by atoms with Gasteiger partial charge in [0.15, 0.2) is 11.6 Å². The van der Waals surface area contributed by atoms with Crippen LogP contribution >= 0.6 is 0 Å². The minimum absolute atomic E-state index is 0.0929. The van der Waals surface area contributed by atoms with E-state index in [0.29, 0.717) is 28.7 Å². The molecule has 3 aromatic carbocycles. The standard InChI is InChI=1S/C31H32F4/c1-2-3-4-5-6-7-22-18-29(33)27(30(34)19-22)15-10-21-8-11-23(12-9-21)24-13-16-26-25(20-24)14-17-28(32)31(26)35/h13-14,16-21,23H,2-9,11-12H2,1H3. The highest BCUT2D eigenvalue weighted by Crippen LogP contribution is 2.37. The zero-order chi connectivity index (χ0) is 24.8. The molecule has 4 rings (SSSR count). The highest BCUT2D eigenvalue weighted by atomic mass is 19.2. The van der Waals surface area contributed by atoms with E-state index in [0.717, 1.165) is 56.6 Å². The van der Waals surface area contributed by atoms with Gasteiger partial charge >= 0.3 is 0 Å². The van der Waals surface area contributed by atoms with E-state index < -0.39 is 23.3 Å². The largest absolute Gasteiger partial charge is 0.206 e. The molecule has 4 heteroatoms. The van der Waals surface area contributed by atoms with Crippen LogP contribution in [-0.2, 0) is 6.42 Å². The number of fused-ring (bicyclic) bond motifs is 1. The molecule has 1 aliphatic rings. The van der Waals surface area contributed by atoms with E-state index in [1.807, 2.05) is 12.1 Å². The molecule has 0 amide bonds. The first kappa shape index (κ1) is 25.3.